The summed E-state index contributed by atoms with van der Waals surface area (Å²) in [6, 6.07) is 11.4. The van der Waals surface area contributed by atoms with Crippen molar-refractivity contribution in [3.05, 3.63) is 74.5 Å². The normalized spacial score (nSPS) is 19.9. The van der Waals surface area contributed by atoms with Crippen LogP contribution in [0.2, 0.25) is 0 Å². The maximum Gasteiger partial charge on any atom is 0.337 e. The van der Waals surface area contributed by atoms with Gasteiger partial charge in [-0.1, -0.05) is 28.9 Å². The van der Waals surface area contributed by atoms with Gasteiger partial charge in [0.15, 0.2) is 17.3 Å². The zero-order chi connectivity index (χ0) is 27.6. The van der Waals surface area contributed by atoms with Gasteiger partial charge in [-0.05, 0) is 68.5 Å². The second kappa shape index (κ2) is 11.6. The van der Waals surface area contributed by atoms with E-state index in [0.717, 1.165) is 21.3 Å². The van der Waals surface area contributed by atoms with E-state index >= 15 is 0 Å². The summed E-state index contributed by atoms with van der Waals surface area (Å²) >= 11 is 3.56. The van der Waals surface area contributed by atoms with Gasteiger partial charge in [0.2, 0.25) is 0 Å². The zero-order valence-corrected chi connectivity index (χ0v) is 24.2. The van der Waals surface area contributed by atoms with Crippen LogP contribution < -0.4 is 19.5 Å². The SMILES string of the molecule is CCC(C)OC(=O)C1=C(C)NC2=C(C(=O)CC(c3ccc(OC)c(OC)c3)C2)C1c1cc(Br)ccc1OC. The van der Waals surface area contributed by atoms with Crippen LogP contribution in [0.4, 0.5) is 0 Å². The predicted octanol–water partition coefficient (Wildman–Crippen LogP) is 6.18. The Morgan fingerprint density at radius 1 is 1.03 bits per heavy atom. The number of ether oxygens (including phenoxy) is 4. The molecule has 0 aromatic heterocycles. The summed E-state index contributed by atoms with van der Waals surface area (Å²) in [6.45, 7) is 5.69. The van der Waals surface area contributed by atoms with Crippen molar-refractivity contribution in [2.45, 2.75) is 58.0 Å². The van der Waals surface area contributed by atoms with Gasteiger partial charge in [-0.2, -0.15) is 0 Å². The maximum absolute atomic E-state index is 13.9. The highest BCUT2D eigenvalue weighted by molar-refractivity contribution is 9.10. The van der Waals surface area contributed by atoms with Gasteiger partial charge < -0.3 is 24.3 Å². The van der Waals surface area contributed by atoms with Gasteiger partial charge in [-0.25, -0.2) is 4.79 Å². The van der Waals surface area contributed by atoms with Crippen LogP contribution in [0.1, 0.15) is 63.0 Å². The van der Waals surface area contributed by atoms with Crippen molar-refractivity contribution in [3.63, 3.8) is 0 Å². The third-order valence-corrected chi connectivity index (χ3v) is 7.81. The van der Waals surface area contributed by atoms with Crippen molar-refractivity contribution in [1.29, 1.82) is 0 Å². The number of nitrogens with one attached hydrogen (secondary N) is 1. The van der Waals surface area contributed by atoms with Crippen LogP contribution >= 0.6 is 15.9 Å². The Kier molecular flexibility index (Phi) is 8.51. The van der Waals surface area contributed by atoms with E-state index in [-0.39, 0.29) is 17.8 Å². The molecule has 7 nitrogen and oxygen atoms in total. The molecular formula is C30H34BrNO6. The average Bonchev–Trinajstić information content (AvgIpc) is 2.91. The molecule has 1 heterocycles. The van der Waals surface area contributed by atoms with Crippen LogP contribution in [0, 0.1) is 0 Å². The van der Waals surface area contributed by atoms with Crippen molar-refractivity contribution in [2.24, 2.45) is 0 Å². The number of hydrogen-bond donors (Lipinski definition) is 1. The van der Waals surface area contributed by atoms with Crippen molar-refractivity contribution in [1.82, 2.24) is 5.32 Å². The van der Waals surface area contributed by atoms with Gasteiger partial charge in [0, 0.05) is 33.4 Å². The van der Waals surface area contributed by atoms with Gasteiger partial charge >= 0.3 is 5.97 Å². The number of dihydropyridines is 1. The van der Waals surface area contributed by atoms with E-state index in [1.54, 1.807) is 21.3 Å². The summed E-state index contributed by atoms with van der Waals surface area (Å²) < 4.78 is 23.2. The molecule has 0 fully saturated rings. The highest BCUT2D eigenvalue weighted by Gasteiger charge is 2.42. The molecule has 1 N–H and O–H groups in total. The number of ketones is 1. The van der Waals surface area contributed by atoms with Crippen LogP contribution in [-0.4, -0.2) is 39.2 Å². The fourth-order valence-electron chi connectivity index (χ4n) is 5.22. The molecule has 0 spiro atoms. The molecule has 1 aliphatic carbocycles. The molecule has 0 saturated heterocycles. The Balaban J connectivity index is 1.82. The second-order valence-corrected chi connectivity index (χ2v) is 10.6. The summed E-state index contributed by atoms with van der Waals surface area (Å²) in [5, 5.41) is 3.40. The smallest absolute Gasteiger partial charge is 0.337 e. The van der Waals surface area contributed by atoms with E-state index in [0.29, 0.717) is 53.4 Å². The first-order valence-electron chi connectivity index (χ1n) is 12.7. The molecule has 4 rings (SSSR count). The summed E-state index contributed by atoms with van der Waals surface area (Å²) in [6.07, 6.45) is 1.35. The molecule has 0 radical (unpaired) electrons. The van der Waals surface area contributed by atoms with Crippen LogP contribution in [0.15, 0.2) is 63.4 Å². The van der Waals surface area contributed by atoms with Gasteiger partial charge in [0.1, 0.15) is 5.75 Å². The molecule has 202 valence electrons. The molecule has 0 bridgehead atoms. The number of esters is 1. The van der Waals surface area contributed by atoms with E-state index in [1.807, 2.05) is 57.2 Å². The lowest BCUT2D eigenvalue weighted by Gasteiger charge is -2.37. The fourth-order valence-corrected chi connectivity index (χ4v) is 5.60. The molecule has 0 amide bonds. The molecule has 3 atom stereocenters. The van der Waals surface area contributed by atoms with Crippen LogP contribution in [0.3, 0.4) is 0 Å². The lowest BCUT2D eigenvalue weighted by atomic mass is 9.71. The lowest BCUT2D eigenvalue weighted by Crippen LogP contribution is -2.36. The highest BCUT2D eigenvalue weighted by Crippen LogP contribution is 2.48. The van der Waals surface area contributed by atoms with Gasteiger partial charge in [-0.15, -0.1) is 0 Å². The quantitative estimate of drug-likeness (QED) is 0.371. The monoisotopic (exact) mass is 583 g/mol. The molecule has 1 aliphatic heterocycles. The first kappa shape index (κ1) is 27.8. The second-order valence-electron chi connectivity index (χ2n) is 9.64. The fraction of sp³-hybridized carbons (Fsp3) is 0.400. The zero-order valence-electron chi connectivity index (χ0n) is 22.6. The largest absolute Gasteiger partial charge is 0.496 e. The number of halogens is 1. The summed E-state index contributed by atoms with van der Waals surface area (Å²) in [5.41, 5.74) is 4.22. The minimum absolute atomic E-state index is 0.0214. The molecule has 2 aromatic carbocycles. The van der Waals surface area contributed by atoms with E-state index in [9.17, 15) is 9.59 Å². The van der Waals surface area contributed by atoms with Crippen molar-refractivity contribution >= 4 is 27.7 Å². The van der Waals surface area contributed by atoms with E-state index in [1.165, 1.54) is 0 Å². The number of carbonyl (C=O) groups excluding carboxylic acids is 2. The Labute approximate surface area is 232 Å². The molecule has 2 aliphatic rings. The minimum Gasteiger partial charge on any atom is -0.496 e. The molecule has 2 aromatic rings. The third kappa shape index (κ3) is 5.32. The van der Waals surface area contributed by atoms with Crippen molar-refractivity contribution in [2.75, 3.05) is 21.3 Å². The highest BCUT2D eigenvalue weighted by atomic mass is 79.9. The van der Waals surface area contributed by atoms with Crippen LogP contribution in [-0.2, 0) is 14.3 Å². The number of methoxy groups -OCH3 is 3. The Bertz CT molecular complexity index is 1310. The molecule has 0 saturated carbocycles. The standard InChI is InChI=1S/C30H34BrNO6/c1-7-16(2)38-30(34)27-17(3)32-22-12-19(18-8-10-25(36-5)26(14-18)37-6)13-23(33)29(22)28(27)21-15-20(31)9-11-24(21)35-4/h8-11,14-16,19,28,32H,7,12-13H2,1-6H3. The molecule has 8 heteroatoms. The lowest BCUT2D eigenvalue weighted by molar-refractivity contribution is -0.144. The van der Waals surface area contributed by atoms with E-state index in [2.05, 4.69) is 21.2 Å². The summed E-state index contributed by atoms with van der Waals surface area (Å²) in [7, 11) is 4.79. The third-order valence-electron chi connectivity index (χ3n) is 7.31. The van der Waals surface area contributed by atoms with Gasteiger partial charge in [0.25, 0.3) is 0 Å². The Hall–Kier alpha value is -3.26. The first-order valence-corrected chi connectivity index (χ1v) is 13.5. The average molecular weight is 585 g/mol. The number of allylic oxidation sites excluding steroid dienone is 3. The topological polar surface area (TPSA) is 83.1 Å². The first-order chi connectivity index (χ1) is 18.2. The van der Waals surface area contributed by atoms with Gasteiger partial charge in [-0.3, -0.25) is 4.79 Å². The van der Waals surface area contributed by atoms with Crippen LogP contribution in [0.5, 0.6) is 17.2 Å². The number of Topliss-reactive ketones (excluding diaryl/α,β-unsaturated/α-hetero) is 1. The summed E-state index contributed by atoms with van der Waals surface area (Å²) in [5.74, 6) is 0.734. The Morgan fingerprint density at radius 2 is 1.71 bits per heavy atom. The van der Waals surface area contributed by atoms with Gasteiger partial charge in [0.05, 0.1) is 38.9 Å². The number of benzene rings is 2. The maximum atomic E-state index is 13.9. The number of carbonyl (C=O) groups is 2. The van der Waals surface area contributed by atoms with Crippen molar-refractivity contribution in [3.8, 4) is 17.2 Å². The van der Waals surface area contributed by atoms with Crippen molar-refractivity contribution < 1.29 is 28.5 Å². The predicted molar refractivity (Wildman–Crippen MR) is 149 cm³/mol. The number of rotatable bonds is 8. The molecule has 3 unspecified atom stereocenters. The minimum atomic E-state index is -0.617. The molecule has 38 heavy (non-hydrogen) atoms. The molecular weight excluding hydrogens is 550 g/mol. The number of hydrogen-bond acceptors (Lipinski definition) is 7. The van der Waals surface area contributed by atoms with E-state index in [4.69, 9.17) is 18.9 Å². The summed E-state index contributed by atoms with van der Waals surface area (Å²) in [4.78, 5) is 27.4. The van der Waals surface area contributed by atoms with Crippen LogP contribution in [0.25, 0.3) is 0 Å². The van der Waals surface area contributed by atoms with E-state index < -0.39 is 11.9 Å². The Morgan fingerprint density at radius 3 is 2.37 bits per heavy atom.